The summed E-state index contributed by atoms with van der Waals surface area (Å²) < 4.78 is 13.3. The van der Waals surface area contributed by atoms with Crippen LogP contribution in [-0.2, 0) is 11.2 Å². The van der Waals surface area contributed by atoms with Gasteiger partial charge < -0.3 is 10.4 Å². The summed E-state index contributed by atoms with van der Waals surface area (Å²) in [5.74, 6) is -0.409. The molecule has 3 nitrogen and oxygen atoms in total. The molecule has 1 unspecified atom stereocenters. The van der Waals surface area contributed by atoms with Gasteiger partial charge in [0.15, 0.2) is 0 Å². The van der Waals surface area contributed by atoms with Crippen molar-refractivity contribution < 1.29 is 14.3 Å². The van der Waals surface area contributed by atoms with E-state index >= 15 is 0 Å². The molecule has 1 amide bonds. The van der Waals surface area contributed by atoms with Gasteiger partial charge in [-0.2, -0.15) is 0 Å². The minimum atomic E-state index is -0.923. The Labute approximate surface area is 113 Å². The molecule has 0 aliphatic rings. The van der Waals surface area contributed by atoms with Crippen molar-refractivity contribution in [3.8, 4) is 0 Å². The zero-order valence-electron chi connectivity index (χ0n) is 11.7. The molecule has 1 atom stereocenters. The molecular weight excluding hydrogens is 245 g/mol. The Morgan fingerprint density at radius 1 is 1.42 bits per heavy atom. The molecule has 1 aromatic rings. The lowest BCUT2D eigenvalue weighted by atomic mass is 9.92. The van der Waals surface area contributed by atoms with Crippen molar-refractivity contribution in [1.82, 2.24) is 5.32 Å². The van der Waals surface area contributed by atoms with Crippen molar-refractivity contribution in [2.45, 2.75) is 39.2 Å². The standard InChI is InChI=1S/C15H22FNO2/c1-11(2)15(3,19)10-17-14(18)9-8-12-6-4-5-7-13(12)16/h4-7,11,19H,8-10H2,1-3H3,(H,17,18). The van der Waals surface area contributed by atoms with Gasteiger partial charge >= 0.3 is 0 Å². The Hall–Kier alpha value is -1.42. The maximum absolute atomic E-state index is 13.3. The number of nitrogens with one attached hydrogen (secondary N) is 1. The van der Waals surface area contributed by atoms with E-state index in [2.05, 4.69) is 5.32 Å². The second kappa shape index (κ2) is 6.66. The van der Waals surface area contributed by atoms with Gasteiger partial charge in [0, 0.05) is 13.0 Å². The van der Waals surface area contributed by atoms with E-state index in [9.17, 15) is 14.3 Å². The molecule has 19 heavy (non-hydrogen) atoms. The summed E-state index contributed by atoms with van der Waals surface area (Å²) in [4.78, 5) is 11.7. The predicted molar refractivity (Wildman–Crippen MR) is 73.2 cm³/mol. The molecule has 4 heteroatoms. The highest BCUT2D eigenvalue weighted by molar-refractivity contribution is 5.76. The van der Waals surface area contributed by atoms with E-state index in [1.807, 2.05) is 13.8 Å². The predicted octanol–water partition coefficient (Wildman–Crippen LogP) is 2.28. The van der Waals surface area contributed by atoms with Gasteiger partial charge in [-0.15, -0.1) is 0 Å². The molecule has 0 saturated heterocycles. The quantitative estimate of drug-likeness (QED) is 0.830. The SMILES string of the molecule is CC(C)C(C)(O)CNC(=O)CCc1ccccc1F. The zero-order chi connectivity index (χ0) is 14.5. The van der Waals surface area contributed by atoms with E-state index < -0.39 is 5.60 Å². The first kappa shape index (κ1) is 15.6. The summed E-state index contributed by atoms with van der Waals surface area (Å²) in [6.45, 7) is 5.69. The first-order chi connectivity index (χ1) is 8.83. The fraction of sp³-hybridized carbons (Fsp3) is 0.533. The number of carbonyl (C=O) groups is 1. The fourth-order valence-electron chi connectivity index (χ4n) is 1.52. The van der Waals surface area contributed by atoms with Crippen LogP contribution in [-0.4, -0.2) is 23.2 Å². The molecule has 1 rings (SSSR count). The van der Waals surface area contributed by atoms with E-state index in [0.717, 1.165) is 0 Å². The van der Waals surface area contributed by atoms with Crippen molar-refractivity contribution in [3.63, 3.8) is 0 Å². The molecule has 106 valence electrons. The van der Waals surface area contributed by atoms with Gasteiger partial charge in [-0.05, 0) is 30.9 Å². The largest absolute Gasteiger partial charge is 0.388 e. The molecule has 0 heterocycles. The summed E-state index contributed by atoms with van der Waals surface area (Å²) in [6.07, 6.45) is 0.581. The number of aliphatic hydroxyl groups is 1. The van der Waals surface area contributed by atoms with Gasteiger partial charge in [0.05, 0.1) is 5.60 Å². The Kier molecular flexibility index (Phi) is 5.48. The number of aryl methyl sites for hydroxylation is 1. The average Bonchev–Trinajstić information content (AvgIpc) is 2.35. The highest BCUT2D eigenvalue weighted by Crippen LogP contribution is 2.14. The van der Waals surface area contributed by atoms with E-state index in [-0.39, 0.29) is 30.6 Å². The minimum absolute atomic E-state index is 0.0550. The highest BCUT2D eigenvalue weighted by atomic mass is 19.1. The van der Waals surface area contributed by atoms with E-state index in [1.165, 1.54) is 6.07 Å². The normalized spacial score (nSPS) is 14.2. The van der Waals surface area contributed by atoms with Gasteiger partial charge in [0.2, 0.25) is 5.91 Å². The second-order valence-electron chi connectivity index (χ2n) is 5.38. The third kappa shape index (κ3) is 4.99. The number of benzene rings is 1. The number of hydrogen-bond acceptors (Lipinski definition) is 2. The summed E-state index contributed by atoms with van der Waals surface area (Å²) in [6, 6.07) is 6.43. The highest BCUT2D eigenvalue weighted by Gasteiger charge is 2.25. The molecule has 2 N–H and O–H groups in total. The first-order valence-electron chi connectivity index (χ1n) is 6.55. The lowest BCUT2D eigenvalue weighted by Gasteiger charge is -2.27. The van der Waals surface area contributed by atoms with Crippen LogP contribution < -0.4 is 5.32 Å². The number of carbonyl (C=O) groups excluding carboxylic acids is 1. The van der Waals surface area contributed by atoms with Crippen LogP contribution in [0.1, 0.15) is 32.8 Å². The lowest BCUT2D eigenvalue weighted by Crippen LogP contribution is -2.44. The molecular formula is C15H22FNO2. The van der Waals surface area contributed by atoms with E-state index in [1.54, 1.807) is 25.1 Å². The summed E-state index contributed by atoms with van der Waals surface area (Å²) in [7, 11) is 0. The Balaban J connectivity index is 2.39. The fourth-order valence-corrected chi connectivity index (χ4v) is 1.52. The molecule has 0 aliphatic heterocycles. The molecule has 0 saturated carbocycles. The van der Waals surface area contributed by atoms with Crippen molar-refractivity contribution in [2.75, 3.05) is 6.54 Å². The van der Waals surface area contributed by atoms with Gasteiger partial charge in [0.25, 0.3) is 0 Å². The monoisotopic (exact) mass is 267 g/mol. The van der Waals surface area contributed by atoms with Crippen molar-refractivity contribution >= 4 is 5.91 Å². The van der Waals surface area contributed by atoms with Crippen LogP contribution in [0.5, 0.6) is 0 Å². The number of rotatable bonds is 6. The topological polar surface area (TPSA) is 49.3 Å². The molecule has 0 spiro atoms. The number of halogens is 1. The van der Waals surface area contributed by atoms with Gasteiger partial charge in [-0.1, -0.05) is 32.0 Å². The van der Waals surface area contributed by atoms with Gasteiger partial charge in [0.1, 0.15) is 5.82 Å². The maximum Gasteiger partial charge on any atom is 0.220 e. The Morgan fingerprint density at radius 3 is 2.63 bits per heavy atom. The second-order valence-corrected chi connectivity index (χ2v) is 5.38. The van der Waals surface area contributed by atoms with Crippen LogP contribution in [0.2, 0.25) is 0 Å². The van der Waals surface area contributed by atoms with E-state index in [4.69, 9.17) is 0 Å². The van der Waals surface area contributed by atoms with Crippen molar-refractivity contribution in [1.29, 1.82) is 0 Å². The zero-order valence-corrected chi connectivity index (χ0v) is 11.7. The molecule has 0 fully saturated rings. The van der Waals surface area contributed by atoms with Crippen LogP contribution in [0.4, 0.5) is 4.39 Å². The van der Waals surface area contributed by atoms with Crippen LogP contribution in [0.15, 0.2) is 24.3 Å². The lowest BCUT2D eigenvalue weighted by molar-refractivity contribution is -0.122. The molecule has 1 aromatic carbocycles. The molecule has 0 aromatic heterocycles. The number of amides is 1. The Bertz CT molecular complexity index is 430. The molecule has 0 radical (unpaired) electrons. The van der Waals surface area contributed by atoms with E-state index in [0.29, 0.717) is 12.0 Å². The summed E-state index contributed by atoms with van der Waals surface area (Å²) in [5.41, 5.74) is -0.388. The minimum Gasteiger partial charge on any atom is -0.388 e. The van der Waals surface area contributed by atoms with Crippen LogP contribution in [0, 0.1) is 11.7 Å². The van der Waals surface area contributed by atoms with Gasteiger partial charge in [-0.3, -0.25) is 4.79 Å². The third-order valence-corrected chi connectivity index (χ3v) is 3.47. The van der Waals surface area contributed by atoms with Crippen molar-refractivity contribution in [3.05, 3.63) is 35.6 Å². The summed E-state index contributed by atoms with van der Waals surface area (Å²) in [5, 5.41) is 12.7. The molecule has 0 bridgehead atoms. The average molecular weight is 267 g/mol. The molecule has 0 aliphatic carbocycles. The Morgan fingerprint density at radius 2 is 2.05 bits per heavy atom. The first-order valence-corrected chi connectivity index (χ1v) is 6.55. The third-order valence-electron chi connectivity index (χ3n) is 3.47. The summed E-state index contributed by atoms with van der Waals surface area (Å²) >= 11 is 0. The van der Waals surface area contributed by atoms with Crippen LogP contribution in [0.3, 0.4) is 0 Å². The van der Waals surface area contributed by atoms with Crippen LogP contribution >= 0.6 is 0 Å². The number of hydrogen-bond donors (Lipinski definition) is 2. The van der Waals surface area contributed by atoms with Crippen molar-refractivity contribution in [2.24, 2.45) is 5.92 Å². The smallest absolute Gasteiger partial charge is 0.220 e. The maximum atomic E-state index is 13.3. The van der Waals surface area contributed by atoms with Gasteiger partial charge in [-0.25, -0.2) is 4.39 Å². The van der Waals surface area contributed by atoms with Crippen LogP contribution in [0.25, 0.3) is 0 Å².